The molecule has 0 radical (unpaired) electrons. The topological polar surface area (TPSA) is 24.9 Å². The standard InChI is InChI=1S/C16H19ClN2/c1-10-7-11(2)14(12(3)8-10)9-18-15-5-6-16(17)19-13(15)4/h5-8,18H,9H2,1-4H3. The van der Waals surface area contributed by atoms with Crippen LogP contribution in [0.5, 0.6) is 0 Å². The molecule has 3 heteroatoms. The lowest BCUT2D eigenvalue weighted by atomic mass is 10.00. The smallest absolute Gasteiger partial charge is 0.129 e. The van der Waals surface area contributed by atoms with Gasteiger partial charge in [-0.3, -0.25) is 0 Å². The highest BCUT2D eigenvalue weighted by atomic mass is 35.5. The predicted molar refractivity (Wildman–Crippen MR) is 82.0 cm³/mol. The molecule has 0 unspecified atom stereocenters. The fourth-order valence-electron chi connectivity index (χ4n) is 2.39. The van der Waals surface area contributed by atoms with Crippen molar-refractivity contribution in [2.24, 2.45) is 0 Å². The Hall–Kier alpha value is -1.54. The van der Waals surface area contributed by atoms with Crippen LogP contribution in [0.1, 0.15) is 27.9 Å². The molecule has 0 saturated heterocycles. The first kappa shape index (κ1) is 13.9. The number of pyridine rings is 1. The Morgan fingerprint density at radius 2 is 1.68 bits per heavy atom. The molecule has 2 rings (SSSR count). The summed E-state index contributed by atoms with van der Waals surface area (Å²) in [5, 5.41) is 3.97. The van der Waals surface area contributed by atoms with Crippen LogP contribution in [0.15, 0.2) is 24.3 Å². The zero-order chi connectivity index (χ0) is 14.0. The second-order valence-corrected chi connectivity index (χ2v) is 5.39. The van der Waals surface area contributed by atoms with Gasteiger partial charge in [-0.2, -0.15) is 0 Å². The van der Waals surface area contributed by atoms with E-state index in [-0.39, 0.29) is 0 Å². The highest BCUT2D eigenvalue weighted by Crippen LogP contribution is 2.20. The summed E-state index contributed by atoms with van der Waals surface area (Å²) >= 11 is 5.86. The number of nitrogens with zero attached hydrogens (tertiary/aromatic N) is 1. The van der Waals surface area contributed by atoms with E-state index in [9.17, 15) is 0 Å². The van der Waals surface area contributed by atoms with Gasteiger partial charge in [0.05, 0.1) is 11.4 Å². The number of hydrogen-bond donors (Lipinski definition) is 1. The van der Waals surface area contributed by atoms with Gasteiger partial charge in [-0.25, -0.2) is 4.98 Å². The van der Waals surface area contributed by atoms with E-state index in [1.807, 2.05) is 19.1 Å². The number of rotatable bonds is 3. The van der Waals surface area contributed by atoms with Gasteiger partial charge in [0, 0.05) is 6.54 Å². The summed E-state index contributed by atoms with van der Waals surface area (Å²) in [5.41, 5.74) is 7.26. The molecule has 1 N–H and O–H groups in total. The Balaban J connectivity index is 2.19. The summed E-state index contributed by atoms with van der Waals surface area (Å²) in [4.78, 5) is 4.25. The zero-order valence-corrected chi connectivity index (χ0v) is 12.6. The number of aromatic nitrogens is 1. The van der Waals surface area contributed by atoms with Crippen LogP contribution in [0.3, 0.4) is 0 Å². The van der Waals surface area contributed by atoms with Gasteiger partial charge in [-0.05, 0) is 56.5 Å². The predicted octanol–water partition coefficient (Wildman–Crippen LogP) is 4.58. The van der Waals surface area contributed by atoms with Crippen LogP contribution < -0.4 is 5.32 Å². The monoisotopic (exact) mass is 274 g/mol. The molecule has 19 heavy (non-hydrogen) atoms. The molecule has 0 aliphatic carbocycles. The van der Waals surface area contributed by atoms with Crippen LogP contribution in [0.2, 0.25) is 5.15 Å². The average molecular weight is 275 g/mol. The van der Waals surface area contributed by atoms with E-state index in [2.05, 4.69) is 43.2 Å². The molecule has 2 nitrogen and oxygen atoms in total. The van der Waals surface area contributed by atoms with Crippen molar-refractivity contribution in [3.63, 3.8) is 0 Å². The van der Waals surface area contributed by atoms with Crippen LogP contribution >= 0.6 is 11.6 Å². The van der Waals surface area contributed by atoms with E-state index in [1.165, 1.54) is 22.3 Å². The van der Waals surface area contributed by atoms with Gasteiger partial charge in [0.2, 0.25) is 0 Å². The molecule has 0 spiro atoms. The molecule has 0 bridgehead atoms. The molecule has 1 heterocycles. The number of aryl methyl sites for hydroxylation is 4. The van der Waals surface area contributed by atoms with Crippen molar-refractivity contribution in [1.82, 2.24) is 4.98 Å². The number of halogens is 1. The van der Waals surface area contributed by atoms with E-state index in [4.69, 9.17) is 11.6 Å². The van der Waals surface area contributed by atoms with Crippen LogP contribution in [0, 0.1) is 27.7 Å². The van der Waals surface area contributed by atoms with E-state index in [0.29, 0.717) is 5.15 Å². The summed E-state index contributed by atoms with van der Waals surface area (Å²) < 4.78 is 0. The van der Waals surface area contributed by atoms with Gasteiger partial charge < -0.3 is 5.32 Å². The van der Waals surface area contributed by atoms with Crippen molar-refractivity contribution in [1.29, 1.82) is 0 Å². The lowest BCUT2D eigenvalue weighted by molar-refractivity contribution is 1.06. The number of anilines is 1. The highest BCUT2D eigenvalue weighted by Gasteiger charge is 2.05. The van der Waals surface area contributed by atoms with Gasteiger partial charge in [0.25, 0.3) is 0 Å². The maximum Gasteiger partial charge on any atom is 0.129 e. The Bertz CT molecular complexity index is 583. The second kappa shape index (κ2) is 5.62. The number of nitrogens with one attached hydrogen (secondary N) is 1. The van der Waals surface area contributed by atoms with Gasteiger partial charge in [-0.1, -0.05) is 29.3 Å². The fraction of sp³-hybridized carbons (Fsp3) is 0.312. The molecule has 0 amide bonds. The maximum atomic E-state index is 5.86. The molecule has 1 aromatic heterocycles. The lowest BCUT2D eigenvalue weighted by Crippen LogP contribution is -2.05. The van der Waals surface area contributed by atoms with E-state index in [1.54, 1.807) is 0 Å². The van der Waals surface area contributed by atoms with E-state index in [0.717, 1.165) is 17.9 Å². The third-order valence-electron chi connectivity index (χ3n) is 3.35. The Kier molecular flexibility index (Phi) is 4.11. The normalized spacial score (nSPS) is 10.6. The first-order valence-corrected chi connectivity index (χ1v) is 6.79. The Morgan fingerprint density at radius 1 is 1.05 bits per heavy atom. The third kappa shape index (κ3) is 3.27. The molecule has 0 aliphatic heterocycles. The third-order valence-corrected chi connectivity index (χ3v) is 3.56. The van der Waals surface area contributed by atoms with Gasteiger partial charge in [0.1, 0.15) is 5.15 Å². The van der Waals surface area contributed by atoms with E-state index < -0.39 is 0 Å². The molecular formula is C16H19ClN2. The summed E-state index contributed by atoms with van der Waals surface area (Å²) in [5.74, 6) is 0. The zero-order valence-electron chi connectivity index (χ0n) is 11.8. The van der Waals surface area contributed by atoms with Crippen LogP contribution in [0.4, 0.5) is 5.69 Å². The molecule has 100 valence electrons. The second-order valence-electron chi connectivity index (χ2n) is 5.00. The van der Waals surface area contributed by atoms with Gasteiger partial charge in [0.15, 0.2) is 0 Å². The summed E-state index contributed by atoms with van der Waals surface area (Å²) in [6.45, 7) is 9.21. The van der Waals surface area contributed by atoms with Crippen molar-refractivity contribution in [2.45, 2.75) is 34.2 Å². The molecule has 0 atom stereocenters. The molecule has 0 aliphatic rings. The van der Waals surface area contributed by atoms with Gasteiger partial charge >= 0.3 is 0 Å². The number of hydrogen-bond acceptors (Lipinski definition) is 2. The average Bonchev–Trinajstić information content (AvgIpc) is 2.30. The van der Waals surface area contributed by atoms with Crippen molar-refractivity contribution < 1.29 is 0 Å². The molecule has 0 saturated carbocycles. The quantitative estimate of drug-likeness (QED) is 0.829. The minimum absolute atomic E-state index is 0.533. The van der Waals surface area contributed by atoms with Crippen molar-refractivity contribution in [2.75, 3.05) is 5.32 Å². The van der Waals surface area contributed by atoms with Crippen LogP contribution in [-0.2, 0) is 6.54 Å². The highest BCUT2D eigenvalue weighted by molar-refractivity contribution is 6.29. The first-order chi connectivity index (χ1) is 8.97. The molecule has 1 aromatic carbocycles. The number of benzene rings is 1. The molecular weight excluding hydrogens is 256 g/mol. The summed E-state index contributed by atoms with van der Waals surface area (Å²) in [7, 11) is 0. The van der Waals surface area contributed by atoms with E-state index >= 15 is 0 Å². The van der Waals surface area contributed by atoms with Crippen LogP contribution in [0.25, 0.3) is 0 Å². The Morgan fingerprint density at radius 3 is 2.26 bits per heavy atom. The van der Waals surface area contributed by atoms with Gasteiger partial charge in [-0.15, -0.1) is 0 Å². The minimum atomic E-state index is 0.533. The summed E-state index contributed by atoms with van der Waals surface area (Å²) in [6, 6.07) is 8.23. The van der Waals surface area contributed by atoms with Crippen LogP contribution in [-0.4, -0.2) is 4.98 Å². The fourth-order valence-corrected chi connectivity index (χ4v) is 2.58. The molecule has 2 aromatic rings. The van der Waals surface area contributed by atoms with Crippen molar-refractivity contribution in [3.05, 3.63) is 57.4 Å². The summed E-state index contributed by atoms with van der Waals surface area (Å²) in [6.07, 6.45) is 0. The van der Waals surface area contributed by atoms with Crippen molar-refractivity contribution >= 4 is 17.3 Å². The Labute approximate surface area is 119 Å². The first-order valence-electron chi connectivity index (χ1n) is 6.41. The minimum Gasteiger partial charge on any atom is -0.379 e. The largest absolute Gasteiger partial charge is 0.379 e. The van der Waals surface area contributed by atoms with Crippen molar-refractivity contribution in [3.8, 4) is 0 Å². The lowest BCUT2D eigenvalue weighted by Gasteiger charge is -2.14. The SMILES string of the molecule is Cc1cc(C)c(CNc2ccc(Cl)nc2C)c(C)c1. The molecule has 0 fully saturated rings. The maximum absolute atomic E-state index is 5.86.